The van der Waals surface area contributed by atoms with Crippen LogP contribution in [0.15, 0.2) is 78.9 Å². The van der Waals surface area contributed by atoms with Crippen molar-refractivity contribution in [3.05, 3.63) is 90.0 Å². The molecule has 0 unspecified atom stereocenters. The lowest BCUT2D eigenvalue weighted by atomic mass is 9.99. The number of amides is 1. The zero-order valence-corrected chi connectivity index (χ0v) is 13.5. The van der Waals surface area contributed by atoms with Crippen molar-refractivity contribution in [3.63, 3.8) is 0 Å². The molecule has 0 aliphatic rings. The van der Waals surface area contributed by atoms with Crippen molar-refractivity contribution in [1.82, 2.24) is 0 Å². The van der Waals surface area contributed by atoms with Crippen molar-refractivity contribution in [3.8, 4) is 11.1 Å². The molecule has 3 aromatic rings. The standard InChI is InChI=1S/C20H17NOS/c22-20(23)21-19-9-5-4-8-18(19)14-15-10-12-17(13-11-15)16-6-2-1-3-7-16/h1-13H,14H2,(H2,21,22,23). The maximum atomic E-state index is 11.2. The van der Waals surface area contributed by atoms with Crippen molar-refractivity contribution in [2.24, 2.45) is 0 Å². The minimum absolute atomic E-state index is 0.350. The Morgan fingerprint density at radius 2 is 1.39 bits per heavy atom. The van der Waals surface area contributed by atoms with Crippen molar-refractivity contribution in [1.29, 1.82) is 0 Å². The third-order valence-corrected chi connectivity index (χ3v) is 3.83. The highest BCUT2D eigenvalue weighted by molar-refractivity contribution is 7.96. The van der Waals surface area contributed by atoms with E-state index in [1.165, 1.54) is 16.7 Å². The SMILES string of the molecule is O=C(S)Nc1ccccc1Cc1ccc(-c2ccccc2)cc1. The zero-order chi connectivity index (χ0) is 16.1. The minimum Gasteiger partial charge on any atom is -0.317 e. The highest BCUT2D eigenvalue weighted by Crippen LogP contribution is 2.23. The molecule has 1 N–H and O–H groups in total. The summed E-state index contributed by atoms with van der Waals surface area (Å²) < 4.78 is 0. The maximum absolute atomic E-state index is 11.2. The third kappa shape index (κ3) is 4.02. The number of para-hydroxylation sites is 1. The van der Waals surface area contributed by atoms with Crippen molar-refractivity contribution < 1.29 is 4.79 Å². The number of hydrogen-bond donors (Lipinski definition) is 2. The van der Waals surface area contributed by atoms with Crippen LogP contribution in [0, 0.1) is 0 Å². The van der Waals surface area contributed by atoms with Crippen LogP contribution >= 0.6 is 12.6 Å². The summed E-state index contributed by atoms with van der Waals surface area (Å²) in [5.74, 6) is 0. The van der Waals surface area contributed by atoms with E-state index in [0.717, 1.165) is 17.7 Å². The summed E-state index contributed by atoms with van der Waals surface area (Å²) in [7, 11) is 0. The first-order valence-electron chi connectivity index (χ1n) is 7.44. The highest BCUT2D eigenvalue weighted by Gasteiger charge is 2.05. The molecule has 0 heterocycles. The van der Waals surface area contributed by atoms with Gasteiger partial charge in [-0.15, -0.1) is 0 Å². The molecule has 0 spiro atoms. The smallest absolute Gasteiger partial charge is 0.280 e. The summed E-state index contributed by atoms with van der Waals surface area (Å²) >= 11 is 3.79. The average molecular weight is 319 g/mol. The molecule has 0 atom stereocenters. The van der Waals surface area contributed by atoms with Crippen LogP contribution in [0.5, 0.6) is 0 Å². The quantitative estimate of drug-likeness (QED) is 0.619. The second kappa shape index (κ2) is 7.16. The lowest BCUT2D eigenvalue weighted by Crippen LogP contribution is -2.04. The Morgan fingerprint density at radius 1 is 0.783 bits per heavy atom. The van der Waals surface area contributed by atoms with Gasteiger partial charge in [-0.2, -0.15) is 0 Å². The largest absolute Gasteiger partial charge is 0.317 e. The van der Waals surface area contributed by atoms with E-state index >= 15 is 0 Å². The van der Waals surface area contributed by atoms with Gasteiger partial charge in [-0.3, -0.25) is 4.79 Å². The van der Waals surface area contributed by atoms with E-state index in [1.807, 2.05) is 42.5 Å². The summed E-state index contributed by atoms with van der Waals surface area (Å²) in [6.45, 7) is 0. The molecule has 0 saturated carbocycles. The van der Waals surface area contributed by atoms with Gasteiger partial charge in [0.25, 0.3) is 5.24 Å². The second-order valence-corrected chi connectivity index (χ2v) is 5.73. The monoisotopic (exact) mass is 319 g/mol. The number of anilines is 1. The first-order chi connectivity index (χ1) is 11.2. The van der Waals surface area contributed by atoms with E-state index in [9.17, 15) is 4.79 Å². The number of nitrogens with one attached hydrogen (secondary N) is 1. The molecule has 0 aliphatic heterocycles. The Labute approximate surface area is 141 Å². The van der Waals surface area contributed by atoms with Crippen LogP contribution in [0.1, 0.15) is 11.1 Å². The number of hydrogen-bond acceptors (Lipinski definition) is 1. The van der Waals surface area contributed by atoms with Crippen molar-refractivity contribution in [2.75, 3.05) is 5.32 Å². The Kier molecular flexibility index (Phi) is 4.79. The summed E-state index contributed by atoms with van der Waals surface area (Å²) in [5.41, 5.74) is 5.49. The lowest BCUT2D eigenvalue weighted by molar-refractivity contribution is 0.270. The summed E-state index contributed by atoms with van der Waals surface area (Å²) in [4.78, 5) is 11.2. The topological polar surface area (TPSA) is 29.1 Å². The number of thiol groups is 1. The zero-order valence-electron chi connectivity index (χ0n) is 12.6. The van der Waals surface area contributed by atoms with Gasteiger partial charge in [0.05, 0.1) is 0 Å². The number of rotatable bonds is 4. The summed E-state index contributed by atoms with van der Waals surface area (Å²) in [6, 6.07) is 26.6. The molecular formula is C20H17NOS. The van der Waals surface area contributed by atoms with Crippen LogP contribution in [-0.4, -0.2) is 5.24 Å². The van der Waals surface area contributed by atoms with Gasteiger partial charge in [0.15, 0.2) is 0 Å². The molecule has 0 bridgehead atoms. The van der Waals surface area contributed by atoms with Gasteiger partial charge in [0.1, 0.15) is 0 Å². The first kappa shape index (κ1) is 15.4. The molecule has 0 aromatic heterocycles. The van der Waals surface area contributed by atoms with E-state index in [-0.39, 0.29) is 5.24 Å². The van der Waals surface area contributed by atoms with Crippen LogP contribution < -0.4 is 5.32 Å². The Balaban J connectivity index is 1.80. The fourth-order valence-corrected chi connectivity index (χ4v) is 2.70. The van der Waals surface area contributed by atoms with E-state index in [0.29, 0.717) is 0 Å². The van der Waals surface area contributed by atoms with Gasteiger partial charge in [-0.05, 0) is 34.7 Å². The van der Waals surface area contributed by atoms with E-state index in [1.54, 1.807) is 0 Å². The second-order valence-electron chi connectivity index (χ2n) is 5.33. The molecule has 1 amide bonds. The van der Waals surface area contributed by atoms with Crippen molar-refractivity contribution in [2.45, 2.75) is 6.42 Å². The van der Waals surface area contributed by atoms with Gasteiger partial charge in [-0.25, -0.2) is 0 Å². The van der Waals surface area contributed by atoms with Gasteiger partial charge < -0.3 is 5.32 Å². The third-order valence-electron chi connectivity index (χ3n) is 3.71. The van der Waals surface area contributed by atoms with Gasteiger partial charge in [-0.1, -0.05) is 85.4 Å². The average Bonchev–Trinajstić information content (AvgIpc) is 2.58. The van der Waals surface area contributed by atoms with Crippen LogP contribution in [0.4, 0.5) is 10.5 Å². The Morgan fingerprint density at radius 3 is 2.09 bits per heavy atom. The van der Waals surface area contributed by atoms with E-state index in [4.69, 9.17) is 0 Å². The molecule has 23 heavy (non-hydrogen) atoms. The molecule has 114 valence electrons. The normalized spacial score (nSPS) is 10.3. The van der Waals surface area contributed by atoms with Gasteiger partial charge >= 0.3 is 0 Å². The number of carbonyl (C=O) groups excluding carboxylic acids is 1. The molecule has 0 aliphatic carbocycles. The fourth-order valence-electron chi connectivity index (χ4n) is 2.58. The molecule has 3 aromatic carbocycles. The summed E-state index contributed by atoms with van der Waals surface area (Å²) in [6.07, 6.45) is 0.763. The fraction of sp³-hybridized carbons (Fsp3) is 0.0500. The number of benzene rings is 3. The van der Waals surface area contributed by atoms with Crippen LogP contribution in [0.3, 0.4) is 0 Å². The molecule has 0 radical (unpaired) electrons. The van der Waals surface area contributed by atoms with Gasteiger partial charge in [0.2, 0.25) is 0 Å². The molecule has 3 rings (SSSR count). The summed E-state index contributed by atoms with van der Waals surface area (Å²) in [5, 5.41) is 2.41. The molecular weight excluding hydrogens is 302 g/mol. The Hall–Kier alpha value is -2.52. The predicted octanol–water partition coefficient (Wildman–Crippen LogP) is 5.41. The van der Waals surface area contributed by atoms with Crippen molar-refractivity contribution >= 4 is 23.6 Å². The number of carbonyl (C=O) groups is 1. The maximum Gasteiger partial charge on any atom is 0.280 e. The molecule has 0 fully saturated rings. The molecule has 2 nitrogen and oxygen atoms in total. The Bertz CT molecular complexity index is 797. The van der Waals surface area contributed by atoms with Crippen LogP contribution in [0.2, 0.25) is 0 Å². The minimum atomic E-state index is -0.350. The van der Waals surface area contributed by atoms with Gasteiger partial charge in [0, 0.05) is 5.69 Å². The van der Waals surface area contributed by atoms with E-state index in [2.05, 4.69) is 54.3 Å². The van der Waals surface area contributed by atoms with E-state index < -0.39 is 0 Å². The van der Waals surface area contributed by atoms with Crippen LogP contribution in [0.25, 0.3) is 11.1 Å². The predicted molar refractivity (Wildman–Crippen MR) is 99.1 cm³/mol. The molecule has 3 heteroatoms. The van der Waals surface area contributed by atoms with Crippen LogP contribution in [-0.2, 0) is 6.42 Å². The molecule has 0 saturated heterocycles. The highest BCUT2D eigenvalue weighted by atomic mass is 32.1. The lowest BCUT2D eigenvalue weighted by Gasteiger charge is -2.10. The first-order valence-corrected chi connectivity index (χ1v) is 7.89.